The maximum absolute atomic E-state index is 13.6. The number of nitrogens with one attached hydrogen (secondary N) is 1. The van der Waals surface area contributed by atoms with Crippen molar-refractivity contribution >= 4 is 0 Å². The maximum Gasteiger partial charge on any atom is 0.123 e. The molecule has 1 saturated heterocycles. The van der Waals surface area contributed by atoms with Crippen LogP contribution >= 0.6 is 0 Å². The average molecular weight is 265 g/mol. The van der Waals surface area contributed by atoms with Gasteiger partial charge in [0.2, 0.25) is 0 Å². The summed E-state index contributed by atoms with van der Waals surface area (Å²) in [6, 6.07) is 5.57. The van der Waals surface area contributed by atoms with Crippen LogP contribution in [-0.2, 0) is 4.74 Å². The first-order valence-corrected chi connectivity index (χ1v) is 7.27. The summed E-state index contributed by atoms with van der Waals surface area (Å²) >= 11 is 0. The van der Waals surface area contributed by atoms with Gasteiger partial charge in [-0.05, 0) is 61.9 Å². The van der Waals surface area contributed by atoms with E-state index in [0.29, 0.717) is 5.92 Å². The van der Waals surface area contributed by atoms with Crippen LogP contribution in [0, 0.1) is 18.7 Å². The van der Waals surface area contributed by atoms with Gasteiger partial charge >= 0.3 is 0 Å². The summed E-state index contributed by atoms with van der Waals surface area (Å²) in [4.78, 5) is 0. The first-order valence-electron chi connectivity index (χ1n) is 7.27. The van der Waals surface area contributed by atoms with E-state index in [2.05, 4.69) is 18.3 Å². The van der Waals surface area contributed by atoms with Crippen LogP contribution in [0.3, 0.4) is 0 Å². The standard InChI is InChI=1S/C16H24FNO/c1-3-5-18-16(9-13-4-6-19-11-13)14-7-12(2)8-15(17)10-14/h7-8,10,13,16,18H,3-6,9,11H2,1-2H3. The summed E-state index contributed by atoms with van der Waals surface area (Å²) < 4.78 is 19.0. The van der Waals surface area contributed by atoms with Crippen molar-refractivity contribution in [2.24, 2.45) is 5.92 Å². The van der Waals surface area contributed by atoms with Gasteiger partial charge in [0.15, 0.2) is 0 Å². The highest BCUT2D eigenvalue weighted by atomic mass is 19.1. The smallest absolute Gasteiger partial charge is 0.123 e. The van der Waals surface area contributed by atoms with Crippen molar-refractivity contribution in [3.8, 4) is 0 Å². The van der Waals surface area contributed by atoms with E-state index in [4.69, 9.17) is 4.74 Å². The van der Waals surface area contributed by atoms with E-state index in [1.807, 2.05) is 6.92 Å². The Kier molecular flexibility index (Phi) is 5.34. The minimum absolute atomic E-state index is 0.138. The van der Waals surface area contributed by atoms with Gasteiger partial charge in [0.25, 0.3) is 0 Å². The average Bonchev–Trinajstić information content (AvgIpc) is 2.86. The zero-order chi connectivity index (χ0) is 13.7. The van der Waals surface area contributed by atoms with Crippen molar-refractivity contribution in [2.75, 3.05) is 19.8 Å². The molecule has 1 aromatic carbocycles. The SMILES string of the molecule is CCCNC(CC1CCOC1)c1cc(C)cc(F)c1. The molecule has 0 amide bonds. The monoisotopic (exact) mass is 265 g/mol. The van der Waals surface area contributed by atoms with Crippen molar-refractivity contribution in [2.45, 2.75) is 39.2 Å². The van der Waals surface area contributed by atoms with E-state index in [1.54, 1.807) is 12.1 Å². The number of benzene rings is 1. The van der Waals surface area contributed by atoms with Gasteiger partial charge in [-0.25, -0.2) is 4.39 Å². The largest absolute Gasteiger partial charge is 0.381 e. The highest BCUT2D eigenvalue weighted by Gasteiger charge is 2.22. The molecule has 2 atom stereocenters. The Balaban J connectivity index is 2.10. The fraction of sp³-hybridized carbons (Fsp3) is 0.625. The van der Waals surface area contributed by atoms with Gasteiger partial charge in [-0.3, -0.25) is 0 Å². The predicted octanol–water partition coefficient (Wildman–Crippen LogP) is 3.60. The van der Waals surface area contributed by atoms with Crippen molar-refractivity contribution in [1.82, 2.24) is 5.32 Å². The molecule has 0 bridgehead atoms. The van der Waals surface area contributed by atoms with Crippen LogP contribution in [0.15, 0.2) is 18.2 Å². The number of hydrogen-bond donors (Lipinski definition) is 1. The summed E-state index contributed by atoms with van der Waals surface area (Å²) in [7, 11) is 0. The Hall–Kier alpha value is -0.930. The summed E-state index contributed by atoms with van der Waals surface area (Å²) in [5.41, 5.74) is 2.05. The van der Waals surface area contributed by atoms with Crippen molar-refractivity contribution in [3.63, 3.8) is 0 Å². The summed E-state index contributed by atoms with van der Waals surface area (Å²) in [6.07, 6.45) is 3.24. The van der Waals surface area contributed by atoms with Crippen molar-refractivity contribution in [1.29, 1.82) is 0 Å². The third-order valence-electron chi connectivity index (χ3n) is 3.70. The molecule has 0 radical (unpaired) electrons. The molecule has 2 rings (SSSR count). The molecule has 1 fully saturated rings. The predicted molar refractivity (Wildman–Crippen MR) is 75.7 cm³/mol. The van der Waals surface area contributed by atoms with Crippen molar-refractivity contribution < 1.29 is 9.13 Å². The molecule has 0 spiro atoms. The minimum atomic E-state index is -0.138. The highest BCUT2D eigenvalue weighted by Crippen LogP contribution is 2.27. The first-order chi connectivity index (χ1) is 9.19. The Morgan fingerprint density at radius 2 is 2.26 bits per heavy atom. The lowest BCUT2D eigenvalue weighted by molar-refractivity contribution is 0.181. The number of halogens is 1. The summed E-state index contributed by atoms with van der Waals surface area (Å²) in [5, 5.41) is 3.54. The van der Waals surface area contributed by atoms with Gasteiger partial charge in [0.05, 0.1) is 0 Å². The number of ether oxygens (including phenoxy) is 1. The number of rotatable bonds is 6. The van der Waals surface area contributed by atoms with Crippen LogP contribution in [0.1, 0.15) is 43.4 Å². The lowest BCUT2D eigenvalue weighted by Gasteiger charge is -2.22. The van der Waals surface area contributed by atoms with Gasteiger partial charge in [0.1, 0.15) is 5.82 Å². The number of hydrogen-bond acceptors (Lipinski definition) is 2. The Morgan fingerprint density at radius 3 is 2.89 bits per heavy atom. The van der Waals surface area contributed by atoms with Crippen LogP contribution in [-0.4, -0.2) is 19.8 Å². The van der Waals surface area contributed by atoms with E-state index in [-0.39, 0.29) is 11.9 Å². The normalized spacial score (nSPS) is 20.7. The Morgan fingerprint density at radius 1 is 1.42 bits per heavy atom. The molecule has 106 valence electrons. The molecule has 0 aromatic heterocycles. The van der Waals surface area contributed by atoms with Crippen LogP contribution in [0.5, 0.6) is 0 Å². The minimum Gasteiger partial charge on any atom is -0.381 e. The lowest BCUT2D eigenvalue weighted by atomic mass is 9.93. The molecular formula is C16H24FNO. The van der Waals surface area contributed by atoms with Gasteiger partial charge in [-0.2, -0.15) is 0 Å². The van der Waals surface area contributed by atoms with Gasteiger partial charge in [-0.15, -0.1) is 0 Å². The highest BCUT2D eigenvalue weighted by molar-refractivity contribution is 5.26. The molecule has 1 N–H and O–H groups in total. The van der Waals surface area contributed by atoms with Crippen LogP contribution < -0.4 is 5.32 Å². The van der Waals surface area contributed by atoms with Gasteiger partial charge < -0.3 is 10.1 Å². The molecule has 1 aromatic rings. The van der Waals surface area contributed by atoms with E-state index in [9.17, 15) is 4.39 Å². The van der Waals surface area contributed by atoms with Gasteiger partial charge in [-0.1, -0.05) is 13.0 Å². The lowest BCUT2D eigenvalue weighted by Crippen LogP contribution is -2.25. The topological polar surface area (TPSA) is 21.3 Å². The van der Waals surface area contributed by atoms with Crippen molar-refractivity contribution in [3.05, 3.63) is 35.1 Å². The van der Waals surface area contributed by atoms with Crippen LogP contribution in [0.2, 0.25) is 0 Å². The fourth-order valence-electron chi connectivity index (χ4n) is 2.72. The number of aryl methyl sites for hydroxylation is 1. The molecular weight excluding hydrogens is 241 g/mol. The van der Waals surface area contributed by atoms with Gasteiger partial charge in [0, 0.05) is 19.3 Å². The van der Waals surface area contributed by atoms with E-state index in [1.165, 1.54) is 0 Å². The maximum atomic E-state index is 13.6. The molecule has 0 aliphatic carbocycles. The molecule has 1 aliphatic rings. The molecule has 0 saturated carbocycles. The second-order valence-corrected chi connectivity index (χ2v) is 5.53. The molecule has 3 heteroatoms. The van der Waals surface area contributed by atoms with E-state index < -0.39 is 0 Å². The third-order valence-corrected chi connectivity index (χ3v) is 3.70. The molecule has 19 heavy (non-hydrogen) atoms. The third kappa shape index (κ3) is 4.29. The quantitative estimate of drug-likeness (QED) is 0.848. The molecule has 2 unspecified atom stereocenters. The zero-order valence-electron chi connectivity index (χ0n) is 11.9. The molecule has 1 aliphatic heterocycles. The Labute approximate surface area is 115 Å². The van der Waals surface area contributed by atoms with E-state index >= 15 is 0 Å². The fourth-order valence-corrected chi connectivity index (χ4v) is 2.72. The molecule has 1 heterocycles. The second-order valence-electron chi connectivity index (χ2n) is 5.53. The Bertz CT molecular complexity index is 381. The zero-order valence-corrected chi connectivity index (χ0v) is 11.9. The first kappa shape index (κ1) is 14.5. The van der Waals surface area contributed by atoms with E-state index in [0.717, 1.165) is 50.1 Å². The van der Waals surface area contributed by atoms with Crippen LogP contribution in [0.25, 0.3) is 0 Å². The molecule has 2 nitrogen and oxygen atoms in total. The second kappa shape index (κ2) is 7.01. The summed E-state index contributed by atoms with van der Waals surface area (Å²) in [5.74, 6) is 0.457. The summed E-state index contributed by atoms with van der Waals surface area (Å²) in [6.45, 7) is 6.78. The van der Waals surface area contributed by atoms with Crippen LogP contribution in [0.4, 0.5) is 4.39 Å².